The van der Waals surface area contributed by atoms with Gasteiger partial charge >= 0.3 is 0 Å². The minimum absolute atomic E-state index is 0.00503. The van der Waals surface area contributed by atoms with Crippen LogP contribution in [-0.4, -0.2) is 31.8 Å². The molecular weight excluding hydrogens is 476 g/mol. The molecule has 0 aromatic heterocycles. The average Bonchev–Trinajstić information content (AvgIpc) is 2.86. The van der Waals surface area contributed by atoms with Crippen molar-refractivity contribution in [2.45, 2.75) is 44.4 Å². The topological polar surface area (TPSA) is 95.9 Å². The fraction of sp³-hybridized carbons (Fsp3) is 0.250. The van der Waals surface area contributed by atoms with E-state index in [4.69, 9.17) is 4.74 Å². The molecule has 0 bridgehead atoms. The Labute approximate surface area is 212 Å². The zero-order chi connectivity index (χ0) is 26.1. The molecule has 1 amide bonds. The summed E-state index contributed by atoms with van der Waals surface area (Å²) in [7, 11) is -2.81. The van der Waals surface area contributed by atoms with E-state index in [1.54, 1.807) is 19.1 Å². The number of carbonyl (C=O) groups is 1. The van der Waals surface area contributed by atoms with Gasteiger partial charge in [-0.3, -0.25) is 10.0 Å². The third-order valence-electron chi connectivity index (χ3n) is 5.41. The van der Waals surface area contributed by atoms with Gasteiger partial charge in [-0.05, 0) is 72.9 Å². The third kappa shape index (κ3) is 7.18. The summed E-state index contributed by atoms with van der Waals surface area (Å²) in [5.74, 6) is 5.65. The van der Waals surface area contributed by atoms with E-state index >= 15 is 0 Å². The number of hydroxylamine groups is 1. The van der Waals surface area contributed by atoms with Crippen LogP contribution >= 0.6 is 0 Å². The van der Waals surface area contributed by atoms with Crippen molar-refractivity contribution in [3.8, 4) is 17.6 Å². The third-order valence-corrected chi connectivity index (χ3v) is 6.80. The van der Waals surface area contributed by atoms with E-state index in [1.165, 1.54) is 25.3 Å². The van der Waals surface area contributed by atoms with Gasteiger partial charge in [-0.2, -0.15) is 0 Å². The second-order valence-electron chi connectivity index (χ2n) is 8.34. The first-order valence-corrected chi connectivity index (χ1v) is 13.1. The number of methoxy groups -OCH3 is 1. The quantitative estimate of drug-likeness (QED) is 0.187. The molecule has 0 heterocycles. The van der Waals surface area contributed by atoms with E-state index in [9.17, 15) is 18.4 Å². The Morgan fingerprint density at radius 1 is 1.08 bits per heavy atom. The molecule has 0 atom stereocenters. The molecular formula is C28H30N2O5S. The van der Waals surface area contributed by atoms with Gasteiger partial charge in [0, 0.05) is 17.5 Å². The lowest BCUT2D eigenvalue weighted by atomic mass is 10.0. The molecule has 0 radical (unpaired) electrons. The Bertz CT molecular complexity index is 1380. The summed E-state index contributed by atoms with van der Waals surface area (Å²) in [4.78, 5) is 14.8. The first kappa shape index (κ1) is 27.0. The highest BCUT2D eigenvalue weighted by Gasteiger charge is 2.25. The van der Waals surface area contributed by atoms with Crippen LogP contribution < -0.4 is 9.57 Å². The van der Waals surface area contributed by atoms with Gasteiger partial charge in [0.1, 0.15) is 5.75 Å². The number of hydrogen-bond acceptors (Lipinski definition) is 5. The molecule has 0 fully saturated rings. The Kier molecular flexibility index (Phi) is 9.25. The SMILES string of the molecule is CCCCC#Cc1cc(C)cc(C(=O)N(O)NS(=O)(=O)c2ccc(OC)cc2Cc2ccccc2)c1. The van der Waals surface area contributed by atoms with Gasteiger partial charge in [0.15, 0.2) is 0 Å². The van der Waals surface area contributed by atoms with Crippen molar-refractivity contribution < 1.29 is 23.2 Å². The number of amides is 1. The first-order chi connectivity index (χ1) is 17.2. The van der Waals surface area contributed by atoms with E-state index in [-0.39, 0.29) is 15.6 Å². The minimum atomic E-state index is -4.31. The molecule has 0 aliphatic heterocycles. The van der Waals surface area contributed by atoms with Crippen LogP contribution in [-0.2, 0) is 16.4 Å². The maximum absolute atomic E-state index is 13.2. The molecule has 3 aromatic rings. The number of rotatable bonds is 9. The highest BCUT2D eigenvalue weighted by Crippen LogP contribution is 2.25. The summed E-state index contributed by atoms with van der Waals surface area (Å²) < 4.78 is 31.7. The van der Waals surface area contributed by atoms with E-state index in [1.807, 2.05) is 41.2 Å². The lowest BCUT2D eigenvalue weighted by Crippen LogP contribution is -2.44. The maximum atomic E-state index is 13.2. The van der Waals surface area contributed by atoms with Crippen LogP contribution in [0.15, 0.2) is 71.6 Å². The van der Waals surface area contributed by atoms with Gasteiger partial charge in [-0.25, -0.2) is 8.42 Å². The Morgan fingerprint density at radius 3 is 2.53 bits per heavy atom. The van der Waals surface area contributed by atoms with Crippen LogP contribution in [0.4, 0.5) is 0 Å². The number of carbonyl (C=O) groups excluding carboxylic acids is 1. The zero-order valence-corrected chi connectivity index (χ0v) is 21.4. The molecule has 3 rings (SSSR count). The number of nitrogens with one attached hydrogen (secondary N) is 1. The lowest BCUT2D eigenvalue weighted by molar-refractivity contribution is -0.0761. The summed E-state index contributed by atoms with van der Waals surface area (Å²) in [5.41, 5.74) is 2.84. The summed E-state index contributed by atoms with van der Waals surface area (Å²) in [6, 6.07) is 18.8. The number of hydrazine groups is 1. The van der Waals surface area contributed by atoms with Crippen LogP contribution in [0.2, 0.25) is 0 Å². The molecule has 2 N–H and O–H groups in total. The van der Waals surface area contributed by atoms with Crippen molar-refractivity contribution in [1.82, 2.24) is 10.0 Å². The van der Waals surface area contributed by atoms with Crippen LogP contribution in [0.3, 0.4) is 0 Å². The average molecular weight is 507 g/mol. The fourth-order valence-electron chi connectivity index (χ4n) is 3.63. The van der Waals surface area contributed by atoms with Gasteiger partial charge in [0.2, 0.25) is 0 Å². The molecule has 0 aliphatic carbocycles. The van der Waals surface area contributed by atoms with Crippen molar-refractivity contribution in [2.24, 2.45) is 0 Å². The monoisotopic (exact) mass is 506 g/mol. The number of aryl methyl sites for hydroxylation is 1. The van der Waals surface area contributed by atoms with Gasteiger partial charge < -0.3 is 4.74 Å². The Morgan fingerprint density at radius 2 is 1.83 bits per heavy atom. The number of nitrogens with zero attached hydrogens (tertiary/aromatic N) is 1. The molecule has 3 aromatic carbocycles. The van der Waals surface area contributed by atoms with E-state index in [0.717, 1.165) is 30.4 Å². The molecule has 0 spiro atoms. The van der Waals surface area contributed by atoms with Crippen molar-refractivity contribution in [3.63, 3.8) is 0 Å². The summed E-state index contributed by atoms with van der Waals surface area (Å²) >= 11 is 0. The largest absolute Gasteiger partial charge is 0.497 e. The van der Waals surface area contributed by atoms with Crippen LogP contribution in [0.5, 0.6) is 5.75 Å². The highest BCUT2D eigenvalue weighted by molar-refractivity contribution is 7.89. The van der Waals surface area contributed by atoms with Crippen LogP contribution in [0, 0.1) is 18.8 Å². The molecule has 0 saturated carbocycles. The molecule has 7 nitrogen and oxygen atoms in total. The van der Waals surface area contributed by atoms with Gasteiger partial charge in [-0.1, -0.05) is 60.3 Å². The van der Waals surface area contributed by atoms with Crippen molar-refractivity contribution in [2.75, 3.05) is 7.11 Å². The Hall–Kier alpha value is -3.64. The molecule has 36 heavy (non-hydrogen) atoms. The summed E-state index contributed by atoms with van der Waals surface area (Å²) in [6.45, 7) is 3.88. The zero-order valence-electron chi connectivity index (χ0n) is 20.6. The number of benzene rings is 3. The lowest BCUT2D eigenvalue weighted by Gasteiger charge is -2.18. The number of sulfonamides is 1. The van der Waals surface area contributed by atoms with Crippen molar-refractivity contribution in [3.05, 3.63) is 94.5 Å². The second kappa shape index (κ2) is 12.4. The van der Waals surface area contributed by atoms with E-state index < -0.39 is 15.9 Å². The summed E-state index contributed by atoms with van der Waals surface area (Å²) in [6.07, 6.45) is 3.07. The van der Waals surface area contributed by atoms with Gasteiger partial charge in [-0.15, -0.1) is 5.17 Å². The minimum Gasteiger partial charge on any atom is -0.497 e. The number of unbranched alkanes of at least 4 members (excludes halogenated alkanes) is 2. The van der Waals surface area contributed by atoms with Crippen LogP contribution in [0.1, 0.15) is 58.8 Å². The standard InChI is InChI=1S/C28H30N2O5S/c1-4-5-6-8-13-23-16-21(2)17-25(19-23)28(31)30(32)29-36(33,34)27-15-14-26(35-3)20-24(27)18-22-11-9-7-10-12-22/h7,9-12,14-17,19-20,29,32H,4-6,18H2,1-3H3. The van der Waals surface area contributed by atoms with Crippen molar-refractivity contribution >= 4 is 15.9 Å². The predicted molar refractivity (Wildman–Crippen MR) is 138 cm³/mol. The number of hydrogen-bond donors (Lipinski definition) is 2. The smallest absolute Gasteiger partial charge is 0.293 e. The normalized spacial score (nSPS) is 10.9. The van der Waals surface area contributed by atoms with Gasteiger partial charge in [0.25, 0.3) is 15.9 Å². The molecule has 188 valence electrons. The first-order valence-electron chi connectivity index (χ1n) is 11.6. The summed E-state index contributed by atoms with van der Waals surface area (Å²) in [5, 5.41) is 10.4. The van der Waals surface area contributed by atoms with E-state index in [0.29, 0.717) is 23.3 Å². The molecule has 8 heteroatoms. The predicted octanol–water partition coefficient (Wildman–Crippen LogP) is 4.86. The Balaban J connectivity index is 1.85. The number of ether oxygens (including phenoxy) is 1. The fourth-order valence-corrected chi connectivity index (χ4v) is 4.77. The van der Waals surface area contributed by atoms with Gasteiger partial charge in [0.05, 0.1) is 12.0 Å². The highest BCUT2D eigenvalue weighted by atomic mass is 32.2. The van der Waals surface area contributed by atoms with Crippen LogP contribution in [0.25, 0.3) is 0 Å². The van der Waals surface area contributed by atoms with E-state index in [2.05, 4.69) is 18.8 Å². The van der Waals surface area contributed by atoms with Crippen molar-refractivity contribution in [1.29, 1.82) is 0 Å². The second-order valence-corrected chi connectivity index (χ2v) is 9.97. The molecule has 0 unspecified atom stereocenters. The maximum Gasteiger partial charge on any atom is 0.293 e. The molecule has 0 aliphatic rings. The molecule has 0 saturated heterocycles.